The Bertz CT molecular complexity index is 88.6. The van der Waals surface area contributed by atoms with Crippen LogP contribution in [0.2, 0.25) is 0 Å². The smallest absolute Gasteiger partial charge is 0.303 e. The van der Waals surface area contributed by atoms with Crippen molar-refractivity contribution in [3.63, 3.8) is 0 Å². The van der Waals surface area contributed by atoms with Crippen molar-refractivity contribution in [2.75, 3.05) is 14.2 Å². The first-order chi connectivity index (χ1) is 4.12. The number of halogens is 2. The molecule has 0 aliphatic rings. The van der Waals surface area contributed by atoms with Crippen LogP contribution in [0, 0.1) is 0 Å². The lowest BCUT2D eigenvalue weighted by Crippen LogP contribution is -1.83. The predicted molar refractivity (Wildman–Crippen MR) is 51.9 cm³/mol. The number of rotatable bonds is 2. The topological polar surface area (TPSA) is 55.8 Å². The highest BCUT2D eigenvalue weighted by atomic mass is 128. The van der Waals surface area contributed by atoms with Gasteiger partial charge < -0.3 is 4.89 Å². The number of phosphoric acid groups is 1. The maximum absolute atomic E-state index is 10.1. The summed E-state index contributed by atoms with van der Waals surface area (Å²) >= 11 is 4.24. The molecular weight excluding hydrogens is 373 g/mol. The van der Waals surface area contributed by atoms with E-state index in [2.05, 4.69) is 46.3 Å². The van der Waals surface area contributed by atoms with Crippen molar-refractivity contribution >= 4 is 45.1 Å². The Kier molecular flexibility index (Phi) is 11.2. The van der Waals surface area contributed by atoms with E-state index in [9.17, 15) is 4.57 Å². The molecule has 0 bridgehead atoms. The van der Waals surface area contributed by atoms with Gasteiger partial charge in [-0.3, -0.25) is 9.05 Å². The third kappa shape index (κ3) is 9.57. The van der Waals surface area contributed by atoms with Gasteiger partial charge in [0.05, 0.1) is 0 Å². The molecule has 0 saturated heterocycles. The molecule has 4 nitrogen and oxygen atoms in total. The summed E-state index contributed by atoms with van der Waals surface area (Å²) in [6, 6.07) is 0. The summed E-state index contributed by atoms with van der Waals surface area (Å²) in [6.45, 7) is 0. The molecule has 0 aliphatic heterocycles. The molecule has 0 aromatic carbocycles. The van der Waals surface area contributed by atoms with Crippen LogP contribution in [-0.4, -0.2) is 19.1 Å². The Balaban J connectivity index is 0. The molecule has 0 aromatic rings. The zero-order chi connectivity index (χ0) is 7.91. The molecule has 0 aliphatic carbocycles. The molecule has 0 amide bonds. The van der Waals surface area contributed by atoms with Gasteiger partial charge in [-0.05, 0) is 0 Å². The average Bonchev–Trinajstić information content (AvgIpc) is 1.93. The van der Waals surface area contributed by atoms with Crippen LogP contribution in [0.15, 0.2) is 0 Å². The van der Waals surface area contributed by atoms with Crippen molar-refractivity contribution in [1.82, 2.24) is 0 Å². The minimum atomic E-state index is -3.65. The van der Waals surface area contributed by atoms with Crippen LogP contribution in [0.5, 0.6) is 0 Å². The van der Waals surface area contributed by atoms with Gasteiger partial charge in [-0.1, -0.05) is 0 Å². The molecule has 0 radical (unpaired) electrons. The van der Waals surface area contributed by atoms with Crippen molar-refractivity contribution in [2.45, 2.75) is 0 Å². The van der Waals surface area contributed by atoms with E-state index >= 15 is 0 Å². The maximum atomic E-state index is 10.1. The van der Waals surface area contributed by atoms with Gasteiger partial charge in [0.15, 0.2) is 0 Å². The molecule has 0 heterocycles. The Morgan fingerprint density at radius 3 is 1.56 bits per heavy atom. The minimum absolute atomic E-state index is 1.10. The second kappa shape index (κ2) is 7.67. The quantitative estimate of drug-likeness (QED) is 0.590. The molecular formula is C2H7I2O4P. The fourth-order valence-electron chi connectivity index (χ4n) is 0.0745. The lowest BCUT2D eigenvalue weighted by atomic mass is 11.8. The summed E-state index contributed by atoms with van der Waals surface area (Å²) in [5, 5.41) is 0. The summed E-state index contributed by atoms with van der Waals surface area (Å²) in [7, 11) is -1.45. The van der Waals surface area contributed by atoms with Gasteiger partial charge >= 0.3 is 7.82 Å². The molecule has 0 unspecified atom stereocenters. The molecule has 0 fully saturated rings. The zero-order valence-electron chi connectivity index (χ0n) is 4.88. The predicted octanol–water partition coefficient (Wildman–Crippen LogP) is 2.15. The van der Waals surface area contributed by atoms with E-state index in [-0.39, 0.29) is 0 Å². The fourth-order valence-corrected chi connectivity index (χ4v) is 0.224. The monoisotopic (exact) mass is 380 g/mol. The van der Waals surface area contributed by atoms with Gasteiger partial charge in [-0.2, -0.15) is 0 Å². The van der Waals surface area contributed by atoms with E-state index in [1.807, 2.05) is 0 Å². The van der Waals surface area contributed by atoms with Crippen LogP contribution >= 0.6 is 45.1 Å². The summed E-state index contributed by atoms with van der Waals surface area (Å²) < 4.78 is 18.0. The molecule has 58 valence electrons. The zero-order valence-corrected chi connectivity index (χ0v) is 10.1. The lowest BCUT2D eigenvalue weighted by Gasteiger charge is -2.01. The second-order valence-corrected chi connectivity index (χ2v) is 2.50. The third-order valence-corrected chi connectivity index (χ3v) is 1.38. The van der Waals surface area contributed by atoms with E-state index in [1.54, 1.807) is 0 Å². The van der Waals surface area contributed by atoms with Crippen LogP contribution in [0.1, 0.15) is 0 Å². The molecule has 0 atom stereocenters. The summed E-state index contributed by atoms with van der Waals surface area (Å²) in [6.07, 6.45) is 0. The summed E-state index contributed by atoms with van der Waals surface area (Å²) in [5.74, 6) is 0. The van der Waals surface area contributed by atoms with Gasteiger partial charge in [0.25, 0.3) is 0 Å². The van der Waals surface area contributed by atoms with E-state index < -0.39 is 7.82 Å². The van der Waals surface area contributed by atoms with Gasteiger partial charge in [0, 0.05) is 51.5 Å². The van der Waals surface area contributed by atoms with Crippen LogP contribution in [-0.2, 0) is 13.6 Å². The minimum Gasteiger partial charge on any atom is -0.303 e. The van der Waals surface area contributed by atoms with Gasteiger partial charge in [0.1, 0.15) is 0 Å². The molecule has 0 saturated carbocycles. The number of phosphoric ester groups is 1. The largest absolute Gasteiger partial charge is 0.471 e. The van der Waals surface area contributed by atoms with Crippen molar-refractivity contribution in [3.8, 4) is 0 Å². The van der Waals surface area contributed by atoms with Gasteiger partial charge in [0.2, 0.25) is 0 Å². The third-order valence-electron chi connectivity index (χ3n) is 0.461. The molecule has 1 N–H and O–H groups in total. The Hall–Kier alpha value is 1.57. The van der Waals surface area contributed by atoms with Gasteiger partial charge in [-0.25, -0.2) is 4.57 Å². The summed E-state index contributed by atoms with van der Waals surface area (Å²) in [4.78, 5) is 8.24. The Morgan fingerprint density at radius 2 is 1.56 bits per heavy atom. The van der Waals surface area contributed by atoms with E-state index in [4.69, 9.17) is 4.89 Å². The first kappa shape index (κ1) is 13.2. The highest BCUT2D eigenvalue weighted by Crippen LogP contribution is 2.40. The van der Waals surface area contributed by atoms with Crippen molar-refractivity contribution in [3.05, 3.63) is 0 Å². The maximum Gasteiger partial charge on any atom is 0.471 e. The van der Waals surface area contributed by atoms with Crippen LogP contribution in [0.3, 0.4) is 0 Å². The van der Waals surface area contributed by atoms with Crippen LogP contribution in [0.25, 0.3) is 0 Å². The highest BCUT2D eigenvalue weighted by molar-refractivity contribution is 15.0. The molecule has 0 aromatic heterocycles. The number of hydrogen-bond acceptors (Lipinski definition) is 3. The van der Waals surface area contributed by atoms with E-state index in [0.717, 1.165) is 14.2 Å². The van der Waals surface area contributed by atoms with E-state index in [0.29, 0.717) is 0 Å². The molecule has 9 heavy (non-hydrogen) atoms. The van der Waals surface area contributed by atoms with Crippen molar-refractivity contribution in [1.29, 1.82) is 0 Å². The second-order valence-electron chi connectivity index (χ2n) is 0.834. The average molecular weight is 380 g/mol. The fraction of sp³-hybridized carbons (Fsp3) is 1.00. The van der Waals surface area contributed by atoms with Gasteiger partial charge in [-0.15, -0.1) is 0 Å². The van der Waals surface area contributed by atoms with Crippen LogP contribution < -0.4 is 0 Å². The lowest BCUT2D eigenvalue weighted by molar-refractivity contribution is 0.204. The number of hydrogen-bond donors (Lipinski definition) is 1. The molecule has 7 heteroatoms. The first-order valence-corrected chi connectivity index (χ1v) is 9.49. The van der Waals surface area contributed by atoms with Crippen molar-refractivity contribution in [2.24, 2.45) is 0 Å². The highest BCUT2D eigenvalue weighted by Gasteiger charge is 2.13. The molecule has 0 spiro atoms. The Morgan fingerprint density at radius 1 is 1.33 bits per heavy atom. The first-order valence-electron chi connectivity index (χ1n) is 1.71. The van der Waals surface area contributed by atoms with E-state index in [1.165, 1.54) is 0 Å². The molecule has 0 rings (SSSR count). The summed E-state index contributed by atoms with van der Waals surface area (Å²) in [5.41, 5.74) is 0. The van der Waals surface area contributed by atoms with Crippen LogP contribution in [0.4, 0.5) is 0 Å². The Labute approximate surface area is 77.2 Å². The standard InChI is InChI=1S/C2H7O4P.I2/c1-5-7(3,4)6-2;1-2/h1-2H3,(H,3,4);. The van der Waals surface area contributed by atoms with Crippen molar-refractivity contribution < 1.29 is 18.5 Å². The SMILES string of the molecule is COP(=O)(O)OC.II. The normalized spacial score (nSPS) is 9.89.